The van der Waals surface area contributed by atoms with Gasteiger partial charge in [-0.05, 0) is 12.1 Å². The highest BCUT2D eigenvalue weighted by atomic mass is 32.2. The van der Waals surface area contributed by atoms with Gasteiger partial charge >= 0.3 is 0 Å². The van der Waals surface area contributed by atoms with Crippen molar-refractivity contribution in [1.29, 1.82) is 0 Å². The molecule has 0 unspecified atom stereocenters. The van der Waals surface area contributed by atoms with Crippen LogP contribution in [-0.4, -0.2) is 22.3 Å². The fourth-order valence-electron chi connectivity index (χ4n) is 3.14. The third-order valence-electron chi connectivity index (χ3n) is 3.92. The van der Waals surface area contributed by atoms with E-state index in [0.29, 0.717) is 5.69 Å². The Labute approximate surface area is 109 Å². The third kappa shape index (κ3) is 1.16. The molecule has 2 saturated heterocycles. The van der Waals surface area contributed by atoms with Crippen LogP contribution in [0, 0.1) is 11.8 Å². The van der Waals surface area contributed by atoms with Gasteiger partial charge in [0.2, 0.25) is 11.8 Å². The third-order valence-corrected chi connectivity index (χ3v) is 5.45. The zero-order valence-corrected chi connectivity index (χ0v) is 10.3. The highest BCUT2D eigenvalue weighted by Crippen LogP contribution is 2.53. The highest BCUT2D eigenvalue weighted by Gasteiger charge is 2.60. The van der Waals surface area contributed by atoms with Crippen molar-refractivity contribution in [3.8, 4) is 0 Å². The minimum Gasteiger partial charge on any atom is -0.274 e. The van der Waals surface area contributed by atoms with Crippen molar-refractivity contribution in [3.05, 3.63) is 42.5 Å². The van der Waals surface area contributed by atoms with Crippen LogP contribution in [0.4, 0.5) is 5.69 Å². The van der Waals surface area contributed by atoms with Crippen LogP contribution in [0.2, 0.25) is 0 Å². The molecule has 3 heterocycles. The molecule has 4 atom stereocenters. The van der Waals surface area contributed by atoms with E-state index >= 15 is 0 Å². The average molecular weight is 257 g/mol. The van der Waals surface area contributed by atoms with Crippen LogP contribution in [-0.2, 0) is 9.59 Å². The average Bonchev–Trinajstić information content (AvgIpc) is 3.05. The van der Waals surface area contributed by atoms with Crippen LogP contribution >= 0.6 is 11.8 Å². The first-order valence-electron chi connectivity index (χ1n) is 6.04. The topological polar surface area (TPSA) is 37.4 Å². The highest BCUT2D eigenvalue weighted by molar-refractivity contribution is 8.01. The molecule has 4 heteroatoms. The second kappa shape index (κ2) is 3.48. The number of nitrogens with zero attached hydrogens (tertiary/aromatic N) is 1. The number of para-hydroxylation sites is 1. The quantitative estimate of drug-likeness (QED) is 0.569. The van der Waals surface area contributed by atoms with Crippen LogP contribution < -0.4 is 4.90 Å². The van der Waals surface area contributed by atoms with Crippen molar-refractivity contribution >= 4 is 29.3 Å². The summed E-state index contributed by atoms with van der Waals surface area (Å²) in [4.78, 5) is 26.3. The second-order valence-corrected chi connectivity index (χ2v) is 6.21. The van der Waals surface area contributed by atoms with Crippen molar-refractivity contribution in [3.63, 3.8) is 0 Å². The number of carbonyl (C=O) groups is 2. The minimum atomic E-state index is -0.141. The summed E-state index contributed by atoms with van der Waals surface area (Å²) in [6.45, 7) is 0. The molecule has 3 aliphatic heterocycles. The van der Waals surface area contributed by atoms with Gasteiger partial charge in [0.25, 0.3) is 0 Å². The van der Waals surface area contributed by atoms with Gasteiger partial charge in [-0.3, -0.25) is 9.59 Å². The molecule has 1 aromatic rings. The Balaban J connectivity index is 1.77. The summed E-state index contributed by atoms with van der Waals surface area (Å²) in [6, 6.07) is 9.23. The Bertz CT molecular complexity index is 538. The molecule has 0 N–H and O–H groups in total. The molecule has 3 nitrogen and oxygen atoms in total. The van der Waals surface area contributed by atoms with Gasteiger partial charge < -0.3 is 0 Å². The van der Waals surface area contributed by atoms with Crippen molar-refractivity contribution in [2.75, 3.05) is 4.90 Å². The van der Waals surface area contributed by atoms with Gasteiger partial charge in [-0.2, -0.15) is 0 Å². The molecule has 0 saturated carbocycles. The Morgan fingerprint density at radius 1 is 0.889 bits per heavy atom. The SMILES string of the molecule is O=C1[C@@H]2[C@H](C(=O)N1c1ccccc1)[C@@H]1C=C[C@H]2S1. The van der Waals surface area contributed by atoms with Gasteiger partial charge in [0.05, 0.1) is 17.5 Å². The molecule has 90 valence electrons. The number of hydrogen-bond acceptors (Lipinski definition) is 3. The Morgan fingerprint density at radius 3 is 2.00 bits per heavy atom. The van der Waals surface area contributed by atoms with E-state index in [-0.39, 0.29) is 34.2 Å². The standard InChI is InChI=1S/C14H11NO2S/c16-13-11-9-6-7-10(18-9)12(11)14(17)15(13)8-4-2-1-3-5-8/h1-7,9-12H/t9-,10+,11+,12-. The summed E-state index contributed by atoms with van der Waals surface area (Å²) >= 11 is 1.75. The lowest BCUT2D eigenvalue weighted by molar-refractivity contribution is -0.122. The second-order valence-electron chi connectivity index (χ2n) is 4.85. The molecule has 3 aliphatic rings. The maximum Gasteiger partial charge on any atom is 0.239 e. The van der Waals surface area contributed by atoms with Crippen LogP contribution in [0.15, 0.2) is 42.5 Å². The lowest BCUT2D eigenvalue weighted by Crippen LogP contribution is -2.33. The van der Waals surface area contributed by atoms with Crippen LogP contribution in [0.25, 0.3) is 0 Å². The smallest absolute Gasteiger partial charge is 0.239 e. The number of hydrogen-bond donors (Lipinski definition) is 0. The Hall–Kier alpha value is -1.55. The molecule has 4 rings (SSSR count). The number of rotatable bonds is 1. The van der Waals surface area contributed by atoms with Gasteiger partial charge in [0.1, 0.15) is 0 Å². The molecule has 18 heavy (non-hydrogen) atoms. The number of fused-ring (bicyclic) bond motifs is 5. The van der Waals surface area contributed by atoms with E-state index < -0.39 is 0 Å². The van der Waals surface area contributed by atoms with Crippen LogP contribution in [0.1, 0.15) is 0 Å². The van der Waals surface area contributed by atoms with E-state index in [0.717, 1.165) is 0 Å². The molecule has 2 bridgehead atoms. The fourth-order valence-corrected chi connectivity index (χ4v) is 4.77. The lowest BCUT2D eigenvalue weighted by Gasteiger charge is -2.16. The molecule has 0 aromatic heterocycles. The number of thioether (sulfide) groups is 1. The molecule has 2 amide bonds. The molecule has 0 aliphatic carbocycles. The summed E-state index contributed by atoms with van der Waals surface area (Å²) in [6.07, 6.45) is 4.16. The summed E-state index contributed by atoms with van der Waals surface area (Å²) in [7, 11) is 0. The summed E-state index contributed by atoms with van der Waals surface area (Å²) < 4.78 is 0. The van der Waals surface area contributed by atoms with E-state index in [1.165, 1.54) is 4.90 Å². The number of amides is 2. The monoisotopic (exact) mass is 257 g/mol. The number of anilines is 1. The predicted octanol–water partition coefficient (Wildman–Crippen LogP) is 1.85. The lowest BCUT2D eigenvalue weighted by atomic mass is 9.85. The maximum absolute atomic E-state index is 12.4. The van der Waals surface area contributed by atoms with Gasteiger partial charge in [0, 0.05) is 10.5 Å². The number of benzene rings is 1. The van der Waals surface area contributed by atoms with Gasteiger partial charge in [0.15, 0.2) is 0 Å². The zero-order chi connectivity index (χ0) is 12.3. The summed E-state index contributed by atoms with van der Waals surface area (Å²) in [5.41, 5.74) is 0.700. The Kier molecular flexibility index (Phi) is 2.01. The van der Waals surface area contributed by atoms with Gasteiger partial charge in [-0.25, -0.2) is 4.90 Å². The predicted molar refractivity (Wildman–Crippen MR) is 70.2 cm³/mol. The fraction of sp³-hybridized carbons (Fsp3) is 0.286. The zero-order valence-electron chi connectivity index (χ0n) is 9.52. The first-order valence-corrected chi connectivity index (χ1v) is 6.98. The molecule has 2 fully saturated rings. The first kappa shape index (κ1) is 10.4. The van der Waals surface area contributed by atoms with E-state index in [4.69, 9.17) is 0 Å². The number of carbonyl (C=O) groups excluding carboxylic acids is 2. The van der Waals surface area contributed by atoms with Crippen molar-refractivity contribution in [1.82, 2.24) is 0 Å². The molecule has 0 spiro atoms. The molecular weight excluding hydrogens is 246 g/mol. The van der Waals surface area contributed by atoms with E-state index in [1.807, 2.05) is 30.3 Å². The normalized spacial score (nSPS) is 36.6. The van der Waals surface area contributed by atoms with E-state index in [1.54, 1.807) is 11.8 Å². The molecular formula is C14H11NO2S. The van der Waals surface area contributed by atoms with Crippen LogP contribution in [0.3, 0.4) is 0 Å². The Morgan fingerprint density at radius 2 is 1.44 bits per heavy atom. The number of imide groups is 1. The minimum absolute atomic E-state index is 0.0273. The van der Waals surface area contributed by atoms with Crippen molar-refractivity contribution in [2.45, 2.75) is 10.5 Å². The van der Waals surface area contributed by atoms with Crippen molar-refractivity contribution < 1.29 is 9.59 Å². The van der Waals surface area contributed by atoms with Crippen molar-refractivity contribution in [2.24, 2.45) is 11.8 Å². The van der Waals surface area contributed by atoms with Gasteiger partial charge in [-0.15, -0.1) is 11.8 Å². The summed E-state index contributed by atoms with van der Waals surface area (Å²) in [5.74, 6) is -0.337. The van der Waals surface area contributed by atoms with E-state index in [2.05, 4.69) is 12.2 Å². The van der Waals surface area contributed by atoms with E-state index in [9.17, 15) is 9.59 Å². The largest absolute Gasteiger partial charge is 0.274 e. The van der Waals surface area contributed by atoms with Crippen LogP contribution in [0.5, 0.6) is 0 Å². The maximum atomic E-state index is 12.4. The first-order chi connectivity index (χ1) is 8.77. The summed E-state index contributed by atoms with van der Waals surface area (Å²) in [5, 5.41) is 0.398. The molecule has 0 radical (unpaired) electrons. The molecule has 1 aromatic carbocycles. The van der Waals surface area contributed by atoms with Gasteiger partial charge in [-0.1, -0.05) is 30.4 Å².